The first-order chi connectivity index (χ1) is 18.9. The van der Waals surface area contributed by atoms with E-state index in [1.54, 1.807) is 0 Å². The molecule has 1 aromatic carbocycles. The normalized spacial score (nSPS) is 16.1. The van der Waals surface area contributed by atoms with Gasteiger partial charge in [-0.1, -0.05) is 44.2 Å². The van der Waals surface area contributed by atoms with Crippen molar-refractivity contribution in [2.45, 2.75) is 75.5 Å². The third kappa shape index (κ3) is 7.84. The van der Waals surface area contributed by atoms with Crippen LogP contribution in [0.4, 0.5) is 13.2 Å². The molecule has 1 saturated carbocycles. The largest absolute Gasteiger partial charge is 0.417 e. The molecular formula is C27H36F3N5O4S. The molecule has 1 unspecified atom stereocenters. The van der Waals surface area contributed by atoms with Gasteiger partial charge in [0.05, 0.1) is 11.1 Å². The highest BCUT2D eigenvalue weighted by molar-refractivity contribution is 7.99. The number of rotatable bonds is 13. The van der Waals surface area contributed by atoms with Crippen molar-refractivity contribution < 1.29 is 32.0 Å². The fourth-order valence-electron chi connectivity index (χ4n) is 4.88. The minimum Gasteiger partial charge on any atom is -0.408 e. The first-order valence-corrected chi connectivity index (χ1v) is 14.2. The van der Waals surface area contributed by atoms with E-state index in [1.165, 1.54) is 28.8 Å². The van der Waals surface area contributed by atoms with Crippen molar-refractivity contribution in [3.63, 3.8) is 0 Å². The Morgan fingerprint density at radius 2 is 1.82 bits per heavy atom. The van der Waals surface area contributed by atoms with Gasteiger partial charge in [0.1, 0.15) is 11.7 Å². The highest BCUT2D eigenvalue weighted by atomic mass is 32.2. The van der Waals surface area contributed by atoms with Crippen LogP contribution in [0.25, 0.3) is 0 Å². The van der Waals surface area contributed by atoms with E-state index in [-0.39, 0.29) is 36.3 Å². The molecule has 1 fully saturated rings. The maximum Gasteiger partial charge on any atom is 0.417 e. The summed E-state index contributed by atoms with van der Waals surface area (Å²) >= 11 is 1.30. The van der Waals surface area contributed by atoms with Crippen LogP contribution in [0.3, 0.4) is 0 Å². The lowest BCUT2D eigenvalue weighted by molar-refractivity contribution is -0.138. The lowest BCUT2D eigenvalue weighted by atomic mass is 9.84. The summed E-state index contributed by atoms with van der Waals surface area (Å²) < 4.78 is 46.6. The summed E-state index contributed by atoms with van der Waals surface area (Å²) in [6.07, 6.45) is -1.42. The molecule has 1 aliphatic rings. The van der Waals surface area contributed by atoms with Gasteiger partial charge in [-0.25, -0.2) is 0 Å². The number of hydrogen-bond acceptors (Lipinski definition) is 8. The van der Waals surface area contributed by atoms with Crippen molar-refractivity contribution in [2.24, 2.45) is 5.92 Å². The average molecular weight is 584 g/mol. The van der Waals surface area contributed by atoms with Gasteiger partial charge in [0.2, 0.25) is 12.2 Å². The third-order valence-electron chi connectivity index (χ3n) is 6.83. The van der Waals surface area contributed by atoms with Gasteiger partial charge in [0.15, 0.2) is 0 Å². The standard InChI is InChI=1S/C27H36F3N5O4S/c1-18(2)16-21(22(37)24-32-33-25(39-24)40-15-14-34(3)4)35(17-36)26(12-8-5-9-13-26)31-23(38)19-10-6-7-11-20(19)27(28,29)30/h6-7,10-11,17-18,21H,5,8-9,12-16H2,1-4H3,(H,31,38). The van der Waals surface area contributed by atoms with Gasteiger partial charge in [-0.15, -0.1) is 10.2 Å². The Morgan fingerprint density at radius 3 is 2.42 bits per heavy atom. The molecule has 2 aromatic rings. The molecule has 40 heavy (non-hydrogen) atoms. The molecule has 0 aliphatic heterocycles. The van der Waals surface area contributed by atoms with E-state index in [2.05, 4.69) is 15.5 Å². The number of Topliss-reactive ketones (excluding diaryl/α,β-unsaturated/α-hetero) is 1. The summed E-state index contributed by atoms with van der Waals surface area (Å²) in [5.74, 6) is -1.19. The topological polar surface area (TPSA) is 109 Å². The molecule has 1 aliphatic carbocycles. The summed E-state index contributed by atoms with van der Waals surface area (Å²) in [7, 11) is 3.85. The first-order valence-electron chi connectivity index (χ1n) is 13.3. The summed E-state index contributed by atoms with van der Waals surface area (Å²) in [6, 6.07) is 3.43. The van der Waals surface area contributed by atoms with Crippen LogP contribution < -0.4 is 5.32 Å². The predicted molar refractivity (Wildman–Crippen MR) is 144 cm³/mol. The van der Waals surface area contributed by atoms with Gasteiger partial charge >= 0.3 is 6.18 Å². The maximum absolute atomic E-state index is 13.7. The van der Waals surface area contributed by atoms with Crippen molar-refractivity contribution in [1.82, 2.24) is 25.3 Å². The number of carbonyl (C=O) groups excluding carboxylic acids is 3. The Labute approximate surface area is 236 Å². The Morgan fingerprint density at radius 1 is 1.15 bits per heavy atom. The summed E-state index contributed by atoms with van der Waals surface area (Å²) in [5, 5.41) is 10.8. The lowest BCUT2D eigenvalue weighted by Gasteiger charge is -2.48. The highest BCUT2D eigenvalue weighted by Gasteiger charge is 2.46. The van der Waals surface area contributed by atoms with E-state index in [9.17, 15) is 27.6 Å². The zero-order valence-electron chi connectivity index (χ0n) is 23.2. The first kappa shape index (κ1) is 31.6. The molecule has 1 aromatic heterocycles. The van der Waals surface area contributed by atoms with Gasteiger partial charge < -0.3 is 19.5 Å². The van der Waals surface area contributed by atoms with Crippen LogP contribution >= 0.6 is 11.8 Å². The molecule has 220 valence electrons. The number of alkyl halides is 3. The molecule has 0 spiro atoms. The summed E-state index contributed by atoms with van der Waals surface area (Å²) in [5.41, 5.74) is -2.99. The lowest BCUT2D eigenvalue weighted by Crippen LogP contribution is -2.65. The maximum atomic E-state index is 13.7. The number of carbonyl (C=O) groups is 3. The molecule has 0 bridgehead atoms. The Hall–Kier alpha value is -2.93. The summed E-state index contributed by atoms with van der Waals surface area (Å²) in [4.78, 5) is 43.0. The minimum atomic E-state index is -4.74. The SMILES string of the molecule is CC(C)CC(C(=O)c1nnc(SCCN(C)C)o1)N(C=O)C1(NC(=O)c2ccccc2C(F)(F)F)CCCCC1. The number of ketones is 1. The number of benzene rings is 1. The molecule has 1 heterocycles. The molecule has 1 N–H and O–H groups in total. The number of nitrogens with zero attached hydrogens (tertiary/aromatic N) is 4. The number of hydrogen-bond donors (Lipinski definition) is 1. The molecule has 3 rings (SSSR count). The van der Waals surface area contributed by atoms with Crippen LogP contribution in [0.2, 0.25) is 0 Å². The average Bonchev–Trinajstić information content (AvgIpc) is 3.36. The zero-order chi connectivity index (χ0) is 29.5. The van der Waals surface area contributed by atoms with Crippen LogP contribution in [0.1, 0.15) is 79.0 Å². The van der Waals surface area contributed by atoms with Crippen LogP contribution in [-0.2, 0) is 11.0 Å². The zero-order valence-corrected chi connectivity index (χ0v) is 24.0. The number of amides is 2. The number of aromatic nitrogens is 2. The molecule has 2 amide bonds. The Bertz CT molecular complexity index is 1170. The third-order valence-corrected chi connectivity index (χ3v) is 7.62. The van der Waals surface area contributed by atoms with E-state index in [0.29, 0.717) is 25.0 Å². The fraction of sp³-hybridized carbons (Fsp3) is 0.593. The van der Waals surface area contributed by atoms with Gasteiger partial charge in [0, 0.05) is 12.3 Å². The van der Waals surface area contributed by atoms with Crippen LogP contribution in [0.15, 0.2) is 33.9 Å². The van der Waals surface area contributed by atoms with Crippen LogP contribution in [0.5, 0.6) is 0 Å². The van der Waals surface area contributed by atoms with Crippen molar-refractivity contribution in [3.8, 4) is 0 Å². The van der Waals surface area contributed by atoms with E-state index in [4.69, 9.17) is 4.42 Å². The summed E-state index contributed by atoms with van der Waals surface area (Å²) in [6.45, 7) is 4.52. The molecule has 9 nitrogen and oxygen atoms in total. The molecule has 0 saturated heterocycles. The second kappa shape index (κ2) is 13.6. The quantitative estimate of drug-likeness (QED) is 0.154. The van der Waals surface area contributed by atoms with E-state index < -0.39 is 40.7 Å². The van der Waals surface area contributed by atoms with E-state index in [1.807, 2.05) is 32.8 Å². The van der Waals surface area contributed by atoms with Crippen LogP contribution in [0, 0.1) is 5.92 Å². The van der Waals surface area contributed by atoms with E-state index in [0.717, 1.165) is 25.1 Å². The number of thioether (sulfide) groups is 1. The van der Waals surface area contributed by atoms with Crippen LogP contribution in [-0.4, -0.2) is 76.2 Å². The number of halogens is 3. The molecule has 0 radical (unpaired) electrons. The van der Waals surface area contributed by atoms with Gasteiger partial charge in [-0.3, -0.25) is 14.4 Å². The highest BCUT2D eigenvalue weighted by Crippen LogP contribution is 2.36. The van der Waals surface area contributed by atoms with Crippen molar-refractivity contribution in [2.75, 3.05) is 26.4 Å². The second-order valence-electron chi connectivity index (χ2n) is 10.6. The van der Waals surface area contributed by atoms with Crippen molar-refractivity contribution in [3.05, 3.63) is 41.3 Å². The molecule has 1 atom stereocenters. The second-order valence-corrected chi connectivity index (χ2v) is 11.7. The van der Waals surface area contributed by atoms with Crippen molar-refractivity contribution in [1.29, 1.82) is 0 Å². The van der Waals surface area contributed by atoms with Crippen molar-refractivity contribution >= 4 is 29.9 Å². The van der Waals surface area contributed by atoms with Gasteiger partial charge in [-0.05, 0) is 64.3 Å². The predicted octanol–water partition coefficient (Wildman–Crippen LogP) is 4.89. The Balaban J connectivity index is 1.95. The van der Waals surface area contributed by atoms with Gasteiger partial charge in [0.25, 0.3) is 17.0 Å². The molecule has 13 heteroatoms. The van der Waals surface area contributed by atoms with E-state index >= 15 is 0 Å². The fourth-order valence-corrected chi connectivity index (χ4v) is 5.75. The minimum absolute atomic E-state index is 0.0458. The Kier molecular flexibility index (Phi) is 10.8. The smallest absolute Gasteiger partial charge is 0.408 e. The van der Waals surface area contributed by atoms with Gasteiger partial charge in [-0.2, -0.15) is 13.2 Å². The number of nitrogens with one attached hydrogen (secondary N) is 1. The molecular weight excluding hydrogens is 547 g/mol. The monoisotopic (exact) mass is 583 g/mol.